The molecule has 142 valence electrons. The monoisotopic (exact) mass is 460 g/mol. The number of nitrogens with one attached hydrogen (secondary N) is 1. The Labute approximate surface area is 169 Å². The number of pyridine rings is 1. The smallest absolute Gasteiger partial charge is 0.193 e. The van der Waals surface area contributed by atoms with Gasteiger partial charge < -0.3 is 20.0 Å². The molecule has 0 atom stereocenters. The highest BCUT2D eigenvalue weighted by Crippen LogP contribution is 2.14. The lowest BCUT2D eigenvalue weighted by atomic mass is 10.2. The summed E-state index contributed by atoms with van der Waals surface area (Å²) in [6.07, 6.45) is 4.29. The Morgan fingerprint density at radius 2 is 2.04 bits per heavy atom. The number of hydrogen-bond donors (Lipinski definition) is 1. The molecule has 0 amide bonds. The number of hydrogen-bond acceptors (Lipinski definition) is 4. The first kappa shape index (κ1) is 22.0. The molecule has 1 aromatic heterocycles. The Bertz CT molecular complexity index is 528. The quantitative estimate of drug-likeness (QED) is 0.401. The molecule has 1 aliphatic rings. The van der Waals surface area contributed by atoms with Gasteiger partial charge in [0.2, 0.25) is 0 Å². The third kappa shape index (κ3) is 6.97. The molecule has 1 saturated heterocycles. The maximum atomic E-state index is 4.55. The van der Waals surface area contributed by atoms with Crippen LogP contribution in [0.5, 0.6) is 0 Å². The number of rotatable bonds is 6. The minimum Gasteiger partial charge on any atom is -0.354 e. The Morgan fingerprint density at radius 3 is 2.68 bits per heavy atom. The molecule has 1 N–H and O–H groups in total. The van der Waals surface area contributed by atoms with E-state index in [0.717, 1.165) is 51.0 Å². The Morgan fingerprint density at radius 1 is 1.32 bits per heavy atom. The van der Waals surface area contributed by atoms with Gasteiger partial charge in [-0.3, -0.25) is 4.99 Å². The minimum absolute atomic E-state index is 0. The zero-order valence-corrected chi connectivity index (χ0v) is 18.4. The lowest BCUT2D eigenvalue weighted by Gasteiger charge is -2.33. The Balaban J connectivity index is 0.00000312. The van der Waals surface area contributed by atoms with Gasteiger partial charge in [-0.05, 0) is 31.2 Å². The number of aromatic nitrogens is 1. The molecule has 2 heterocycles. The summed E-state index contributed by atoms with van der Waals surface area (Å²) in [6, 6.07) is 4.27. The maximum Gasteiger partial charge on any atom is 0.193 e. The van der Waals surface area contributed by atoms with E-state index in [1.165, 1.54) is 18.4 Å². The van der Waals surface area contributed by atoms with E-state index in [4.69, 9.17) is 0 Å². The lowest BCUT2D eigenvalue weighted by Crippen LogP contribution is -2.44. The molecule has 1 aromatic rings. The predicted octanol–water partition coefficient (Wildman–Crippen LogP) is 2.26. The number of nitrogens with zero attached hydrogens (tertiary/aromatic N) is 5. The fourth-order valence-electron chi connectivity index (χ4n) is 2.85. The number of guanidine groups is 1. The topological polar surface area (TPSA) is 47.0 Å². The summed E-state index contributed by atoms with van der Waals surface area (Å²) >= 11 is 0. The Hall–Kier alpha value is -1.09. The molecule has 0 aromatic carbocycles. The van der Waals surface area contributed by atoms with Crippen LogP contribution in [0.3, 0.4) is 0 Å². The second-order valence-electron chi connectivity index (χ2n) is 6.49. The van der Waals surface area contributed by atoms with E-state index in [2.05, 4.69) is 63.1 Å². The van der Waals surface area contributed by atoms with E-state index >= 15 is 0 Å². The van der Waals surface area contributed by atoms with Crippen molar-refractivity contribution in [2.24, 2.45) is 4.99 Å². The largest absolute Gasteiger partial charge is 0.354 e. The minimum atomic E-state index is 0. The van der Waals surface area contributed by atoms with Crippen LogP contribution in [-0.4, -0.2) is 74.6 Å². The first-order valence-corrected chi connectivity index (χ1v) is 8.94. The summed E-state index contributed by atoms with van der Waals surface area (Å²) in [5.41, 5.74) is 1.24. The number of anilines is 1. The Kier molecular flexibility index (Phi) is 10.1. The van der Waals surface area contributed by atoms with E-state index in [-0.39, 0.29) is 24.0 Å². The first-order valence-electron chi connectivity index (χ1n) is 8.94. The molecule has 2 rings (SSSR count). The van der Waals surface area contributed by atoms with Crippen LogP contribution in [0, 0.1) is 0 Å². The molecule has 25 heavy (non-hydrogen) atoms. The molecular formula is C18H33IN6. The van der Waals surface area contributed by atoms with Crippen molar-refractivity contribution in [3.8, 4) is 0 Å². The van der Waals surface area contributed by atoms with Gasteiger partial charge in [0.1, 0.15) is 5.82 Å². The van der Waals surface area contributed by atoms with Crippen LogP contribution in [0.25, 0.3) is 0 Å². The third-order valence-electron chi connectivity index (χ3n) is 4.51. The molecule has 1 fully saturated rings. The molecule has 6 nitrogen and oxygen atoms in total. The lowest BCUT2D eigenvalue weighted by molar-refractivity contribution is 0.312. The standard InChI is InChI=1S/C18H32N6.HI/c1-5-6-9-23(4)18(19-2)21-15-16-7-8-20-17(14-16)24-12-10-22(3)11-13-24;/h7-8,14H,5-6,9-13,15H2,1-4H3,(H,19,21);1H. The number of unbranched alkanes of at least 4 members (excludes halogenated alkanes) is 1. The molecule has 7 heteroatoms. The van der Waals surface area contributed by atoms with Crippen LogP contribution in [-0.2, 0) is 6.54 Å². The number of aliphatic imine (C=N–C) groups is 1. The highest BCUT2D eigenvalue weighted by molar-refractivity contribution is 14.0. The van der Waals surface area contributed by atoms with Crippen LogP contribution in [0.4, 0.5) is 5.82 Å². The van der Waals surface area contributed by atoms with Crippen molar-refractivity contribution in [3.05, 3.63) is 23.9 Å². The summed E-state index contributed by atoms with van der Waals surface area (Å²) in [7, 11) is 6.10. The van der Waals surface area contributed by atoms with Gasteiger partial charge in [0.05, 0.1) is 0 Å². The van der Waals surface area contributed by atoms with Crippen molar-refractivity contribution in [3.63, 3.8) is 0 Å². The fourth-order valence-corrected chi connectivity index (χ4v) is 2.85. The first-order chi connectivity index (χ1) is 11.6. The summed E-state index contributed by atoms with van der Waals surface area (Å²) in [4.78, 5) is 15.8. The zero-order valence-electron chi connectivity index (χ0n) is 16.0. The average Bonchev–Trinajstić information content (AvgIpc) is 2.61. The van der Waals surface area contributed by atoms with Gasteiger partial charge in [-0.2, -0.15) is 0 Å². The maximum absolute atomic E-state index is 4.55. The van der Waals surface area contributed by atoms with Crippen molar-refractivity contribution < 1.29 is 0 Å². The summed E-state index contributed by atoms with van der Waals surface area (Å²) in [6.45, 7) is 8.29. The number of halogens is 1. The molecular weight excluding hydrogens is 427 g/mol. The predicted molar refractivity (Wildman–Crippen MR) is 117 cm³/mol. The molecule has 0 spiro atoms. The van der Waals surface area contributed by atoms with E-state index < -0.39 is 0 Å². The highest BCUT2D eigenvalue weighted by atomic mass is 127. The van der Waals surface area contributed by atoms with Crippen LogP contribution < -0.4 is 10.2 Å². The van der Waals surface area contributed by atoms with Crippen LogP contribution in [0.1, 0.15) is 25.3 Å². The average molecular weight is 460 g/mol. The number of piperazine rings is 1. The van der Waals surface area contributed by atoms with Gasteiger partial charge in [0, 0.05) is 59.6 Å². The molecule has 1 aliphatic heterocycles. The van der Waals surface area contributed by atoms with Crippen molar-refractivity contribution in [1.82, 2.24) is 20.1 Å². The van der Waals surface area contributed by atoms with Gasteiger partial charge in [0.25, 0.3) is 0 Å². The van der Waals surface area contributed by atoms with Crippen LogP contribution >= 0.6 is 24.0 Å². The molecule has 0 unspecified atom stereocenters. The SMILES string of the molecule is CCCCN(C)C(=NC)NCc1ccnc(N2CCN(C)CC2)c1.I. The van der Waals surface area contributed by atoms with Gasteiger partial charge >= 0.3 is 0 Å². The zero-order chi connectivity index (χ0) is 17.4. The van der Waals surface area contributed by atoms with Crippen LogP contribution in [0.2, 0.25) is 0 Å². The van der Waals surface area contributed by atoms with Gasteiger partial charge in [-0.25, -0.2) is 4.98 Å². The van der Waals surface area contributed by atoms with E-state index in [0.29, 0.717) is 0 Å². The van der Waals surface area contributed by atoms with Crippen molar-refractivity contribution in [2.75, 3.05) is 58.8 Å². The van der Waals surface area contributed by atoms with Crippen molar-refractivity contribution in [1.29, 1.82) is 0 Å². The molecule has 0 radical (unpaired) electrons. The van der Waals surface area contributed by atoms with E-state index in [1.54, 1.807) is 0 Å². The van der Waals surface area contributed by atoms with E-state index in [9.17, 15) is 0 Å². The molecule has 0 saturated carbocycles. The van der Waals surface area contributed by atoms with Gasteiger partial charge in [0.15, 0.2) is 5.96 Å². The highest BCUT2D eigenvalue weighted by Gasteiger charge is 2.15. The number of likely N-dealkylation sites (N-methyl/N-ethyl adjacent to an activating group) is 1. The van der Waals surface area contributed by atoms with Gasteiger partial charge in [-0.1, -0.05) is 13.3 Å². The molecule has 0 bridgehead atoms. The van der Waals surface area contributed by atoms with Crippen LogP contribution in [0.15, 0.2) is 23.3 Å². The summed E-state index contributed by atoms with van der Waals surface area (Å²) in [5, 5.41) is 3.45. The fraction of sp³-hybridized carbons (Fsp3) is 0.667. The second-order valence-corrected chi connectivity index (χ2v) is 6.49. The molecule has 0 aliphatic carbocycles. The second kappa shape index (κ2) is 11.5. The van der Waals surface area contributed by atoms with E-state index in [1.807, 2.05) is 13.2 Å². The third-order valence-corrected chi connectivity index (χ3v) is 4.51. The van der Waals surface area contributed by atoms with Crippen molar-refractivity contribution in [2.45, 2.75) is 26.3 Å². The van der Waals surface area contributed by atoms with Gasteiger partial charge in [-0.15, -0.1) is 24.0 Å². The summed E-state index contributed by atoms with van der Waals surface area (Å²) in [5.74, 6) is 2.03. The normalized spacial score (nSPS) is 15.7. The summed E-state index contributed by atoms with van der Waals surface area (Å²) < 4.78 is 0. The van der Waals surface area contributed by atoms with Crippen molar-refractivity contribution >= 4 is 35.8 Å².